The fraction of sp³-hybridized carbons (Fsp3) is 0.400. The second-order valence-electron chi connectivity index (χ2n) is 8.29. The molecule has 176 valence electrons. The molecule has 0 spiro atoms. The van der Waals surface area contributed by atoms with E-state index in [2.05, 4.69) is 15.5 Å². The Morgan fingerprint density at radius 2 is 1.73 bits per heavy atom. The molecule has 0 bridgehead atoms. The number of likely N-dealkylation sites (tertiary alicyclic amines) is 1. The van der Waals surface area contributed by atoms with Gasteiger partial charge < -0.3 is 21.1 Å². The zero-order chi connectivity index (χ0) is 23.5. The van der Waals surface area contributed by atoms with Crippen molar-refractivity contribution < 1.29 is 19.1 Å². The quantitative estimate of drug-likeness (QED) is 0.480. The van der Waals surface area contributed by atoms with Gasteiger partial charge in [0.25, 0.3) is 0 Å². The van der Waals surface area contributed by atoms with Crippen LogP contribution in [0.25, 0.3) is 0 Å². The molecule has 2 aromatic carbocycles. The second-order valence-corrected chi connectivity index (χ2v) is 8.29. The largest absolute Gasteiger partial charge is 0.445 e. The molecule has 0 radical (unpaired) electrons. The highest BCUT2D eigenvalue weighted by molar-refractivity contribution is 5.90. The number of carbonyl (C=O) groups excluding carboxylic acids is 3. The van der Waals surface area contributed by atoms with Gasteiger partial charge in [-0.15, -0.1) is 0 Å². The number of benzene rings is 2. The Morgan fingerprint density at radius 3 is 2.45 bits per heavy atom. The van der Waals surface area contributed by atoms with Crippen LogP contribution in [0.15, 0.2) is 54.6 Å². The van der Waals surface area contributed by atoms with Gasteiger partial charge in [0, 0.05) is 31.1 Å². The average molecular weight is 453 g/mol. The number of nitrogens with two attached hydrogens (primary N) is 1. The Labute approximate surface area is 194 Å². The predicted molar refractivity (Wildman–Crippen MR) is 126 cm³/mol. The van der Waals surface area contributed by atoms with Crippen LogP contribution in [-0.4, -0.2) is 42.4 Å². The van der Waals surface area contributed by atoms with Gasteiger partial charge in [-0.05, 0) is 55.6 Å². The molecule has 3 rings (SSSR count). The number of amides is 3. The normalized spacial score (nSPS) is 14.4. The number of rotatable bonds is 10. The summed E-state index contributed by atoms with van der Waals surface area (Å²) in [5, 5.41) is 5.57. The van der Waals surface area contributed by atoms with Gasteiger partial charge in [-0.3, -0.25) is 14.5 Å². The maximum Gasteiger partial charge on any atom is 0.407 e. The molecule has 4 N–H and O–H groups in total. The first-order chi connectivity index (χ1) is 16.0. The molecule has 1 fully saturated rings. The molecule has 1 aliphatic heterocycles. The topological polar surface area (TPSA) is 114 Å². The van der Waals surface area contributed by atoms with Crippen LogP contribution >= 0.6 is 0 Å². The summed E-state index contributed by atoms with van der Waals surface area (Å²) in [4.78, 5) is 37.6. The van der Waals surface area contributed by atoms with E-state index in [1.165, 1.54) is 0 Å². The van der Waals surface area contributed by atoms with Gasteiger partial charge in [-0.1, -0.05) is 42.5 Å². The summed E-state index contributed by atoms with van der Waals surface area (Å²) in [5.41, 5.74) is 8.18. The smallest absolute Gasteiger partial charge is 0.407 e. The van der Waals surface area contributed by atoms with Crippen molar-refractivity contribution in [3.8, 4) is 0 Å². The summed E-state index contributed by atoms with van der Waals surface area (Å²) in [7, 11) is 0. The Bertz CT molecular complexity index is 927. The van der Waals surface area contributed by atoms with Crippen molar-refractivity contribution in [2.45, 2.75) is 38.8 Å². The summed E-state index contributed by atoms with van der Waals surface area (Å²) in [6, 6.07) is 17.2. The number of nitrogens with zero attached hydrogens (tertiary/aromatic N) is 1. The maximum atomic E-state index is 12.3. The van der Waals surface area contributed by atoms with Crippen molar-refractivity contribution in [1.82, 2.24) is 10.2 Å². The lowest BCUT2D eigenvalue weighted by molar-refractivity contribution is -0.123. The van der Waals surface area contributed by atoms with E-state index < -0.39 is 6.09 Å². The van der Waals surface area contributed by atoms with Gasteiger partial charge in [0.1, 0.15) is 6.61 Å². The molecule has 0 atom stereocenters. The number of alkyl carbamates (subject to hydrolysis) is 1. The summed E-state index contributed by atoms with van der Waals surface area (Å²) in [6.07, 6.45) is 1.90. The number of piperidine rings is 1. The van der Waals surface area contributed by atoms with E-state index in [0.29, 0.717) is 19.4 Å². The number of nitrogens with one attached hydrogen (secondary N) is 2. The van der Waals surface area contributed by atoms with Crippen molar-refractivity contribution in [3.63, 3.8) is 0 Å². The average Bonchev–Trinajstić information content (AvgIpc) is 2.82. The number of ether oxygens (including phenoxy) is 1. The number of carbonyl (C=O) groups is 3. The van der Waals surface area contributed by atoms with Crippen LogP contribution < -0.4 is 16.4 Å². The van der Waals surface area contributed by atoms with Gasteiger partial charge in [-0.2, -0.15) is 0 Å². The van der Waals surface area contributed by atoms with Crippen LogP contribution in [0.5, 0.6) is 0 Å². The highest BCUT2D eigenvalue weighted by Gasteiger charge is 2.23. The van der Waals surface area contributed by atoms with Crippen LogP contribution in [0.2, 0.25) is 0 Å². The summed E-state index contributed by atoms with van der Waals surface area (Å²) in [6.45, 7) is 3.02. The minimum Gasteiger partial charge on any atom is -0.445 e. The molecule has 1 saturated heterocycles. The maximum absolute atomic E-state index is 12.3. The third kappa shape index (κ3) is 8.57. The SMILES string of the molecule is NC(=O)C1CCN(Cc2cccc(NC(=O)CCCNC(=O)OCc3ccccc3)c2)CC1. The van der Waals surface area contributed by atoms with Crippen molar-refractivity contribution in [2.24, 2.45) is 11.7 Å². The molecule has 8 nitrogen and oxygen atoms in total. The molecule has 0 aliphatic carbocycles. The Balaban J connectivity index is 1.32. The number of hydrogen-bond acceptors (Lipinski definition) is 5. The van der Waals surface area contributed by atoms with Gasteiger partial charge in [-0.25, -0.2) is 4.79 Å². The Kier molecular flexibility index (Phi) is 9.26. The minimum atomic E-state index is -0.494. The third-order valence-electron chi connectivity index (χ3n) is 5.67. The summed E-state index contributed by atoms with van der Waals surface area (Å²) >= 11 is 0. The molecule has 1 aliphatic rings. The van der Waals surface area contributed by atoms with E-state index in [-0.39, 0.29) is 24.3 Å². The van der Waals surface area contributed by atoms with Crippen LogP contribution in [0.4, 0.5) is 10.5 Å². The fourth-order valence-electron chi connectivity index (χ4n) is 3.82. The Morgan fingerprint density at radius 1 is 1.00 bits per heavy atom. The first-order valence-electron chi connectivity index (χ1n) is 11.3. The standard InChI is InChI=1S/C25H32N4O4/c26-24(31)21-11-14-29(15-12-21)17-20-8-4-9-22(16-20)28-23(30)10-5-13-27-25(32)33-18-19-6-2-1-3-7-19/h1-4,6-9,16,21H,5,10-15,17-18H2,(H2,26,31)(H,27,32)(H,28,30). The van der Waals surface area contributed by atoms with Gasteiger partial charge >= 0.3 is 6.09 Å². The number of hydrogen-bond donors (Lipinski definition) is 3. The zero-order valence-corrected chi connectivity index (χ0v) is 18.8. The molecule has 2 aromatic rings. The minimum absolute atomic E-state index is 0.0212. The molecule has 33 heavy (non-hydrogen) atoms. The molecule has 0 unspecified atom stereocenters. The highest BCUT2D eigenvalue weighted by atomic mass is 16.5. The first kappa shape index (κ1) is 24.3. The number of primary amides is 1. The molecule has 0 saturated carbocycles. The van der Waals surface area contributed by atoms with Crippen molar-refractivity contribution in [2.75, 3.05) is 25.0 Å². The molecule has 3 amide bonds. The monoisotopic (exact) mass is 452 g/mol. The fourth-order valence-corrected chi connectivity index (χ4v) is 3.82. The lowest BCUT2D eigenvalue weighted by Crippen LogP contribution is -2.38. The van der Waals surface area contributed by atoms with E-state index in [0.717, 1.165) is 49.3 Å². The molecule has 0 aromatic heterocycles. The lowest BCUT2D eigenvalue weighted by atomic mass is 9.96. The molecular weight excluding hydrogens is 420 g/mol. The van der Waals surface area contributed by atoms with E-state index in [1.807, 2.05) is 54.6 Å². The van der Waals surface area contributed by atoms with Crippen LogP contribution in [0, 0.1) is 5.92 Å². The van der Waals surface area contributed by atoms with Gasteiger partial charge in [0.05, 0.1) is 0 Å². The zero-order valence-electron chi connectivity index (χ0n) is 18.8. The van der Waals surface area contributed by atoms with Crippen LogP contribution in [-0.2, 0) is 27.5 Å². The summed E-state index contributed by atoms with van der Waals surface area (Å²) in [5.74, 6) is -0.334. The Hall–Kier alpha value is -3.39. The van der Waals surface area contributed by atoms with E-state index in [9.17, 15) is 14.4 Å². The van der Waals surface area contributed by atoms with Crippen LogP contribution in [0.3, 0.4) is 0 Å². The second kappa shape index (κ2) is 12.6. The molecular formula is C25H32N4O4. The van der Waals surface area contributed by atoms with Crippen LogP contribution in [0.1, 0.15) is 36.8 Å². The van der Waals surface area contributed by atoms with Crippen molar-refractivity contribution in [3.05, 3.63) is 65.7 Å². The number of anilines is 1. The molecule has 1 heterocycles. The lowest BCUT2D eigenvalue weighted by Gasteiger charge is -2.30. The van der Waals surface area contributed by atoms with E-state index >= 15 is 0 Å². The van der Waals surface area contributed by atoms with E-state index in [1.54, 1.807) is 0 Å². The van der Waals surface area contributed by atoms with Gasteiger partial charge in [0.2, 0.25) is 11.8 Å². The van der Waals surface area contributed by atoms with Crippen molar-refractivity contribution >= 4 is 23.6 Å². The third-order valence-corrected chi connectivity index (χ3v) is 5.67. The molecule has 8 heteroatoms. The first-order valence-corrected chi connectivity index (χ1v) is 11.3. The van der Waals surface area contributed by atoms with E-state index in [4.69, 9.17) is 10.5 Å². The predicted octanol–water partition coefficient (Wildman–Crippen LogP) is 3.03. The summed E-state index contributed by atoms with van der Waals surface area (Å²) < 4.78 is 5.15. The highest BCUT2D eigenvalue weighted by Crippen LogP contribution is 2.20. The van der Waals surface area contributed by atoms with Crippen molar-refractivity contribution in [1.29, 1.82) is 0 Å². The van der Waals surface area contributed by atoms with Gasteiger partial charge in [0.15, 0.2) is 0 Å².